The van der Waals surface area contributed by atoms with Crippen molar-refractivity contribution < 1.29 is 14.9 Å². The smallest absolute Gasteiger partial charge is 0.330 e. The summed E-state index contributed by atoms with van der Waals surface area (Å²) in [6, 6.07) is 0. The van der Waals surface area contributed by atoms with E-state index in [1.807, 2.05) is 0 Å². The topological polar surface area (TPSA) is 105 Å². The van der Waals surface area contributed by atoms with Gasteiger partial charge < -0.3 is 14.9 Å². The zero-order valence-corrected chi connectivity index (χ0v) is 13.1. The molecule has 0 aromatic carbocycles. The van der Waals surface area contributed by atoms with Crippen LogP contribution in [0.3, 0.4) is 0 Å². The van der Waals surface area contributed by atoms with Gasteiger partial charge in [-0.1, -0.05) is 31.6 Å². The van der Waals surface area contributed by atoms with Gasteiger partial charge in [-0.25, -0.2) is 4.79 Å². The summed E-state index contributed by atoms with van der Waals surface area (Å²) < 4.78 is 6.64. The first-order valence-electron chi connectivity index (χ1n) is 7.85. The Hall–Kier alpha value is -1.88. The first-order valence-corrected chi connectivity index (χ1v) is 7.85. The Labute approximate surface area is 133 Å². The van der Waals surface area contributed by atoms with E-state index in [0.29, 0.717) is 6.42 Å². The van der Waals surface area contributed by atoms with Crippen molar-refractivity contribution in [3.05, 3.63) is 32.6 Å². The molecule has 0 amide bonds. The SMILES string of the molecule is CCCCCC#Cc1cn([C@@H]2CC(O)[C@H](CO)O2)c(=O)[nH]c1=O. The van der Waals surface area contributed by atoms with Gasteiger partial charge in [0.25, 0.3) is 5.56 Å². The number of unbranched alkanes of at least 4 members (excludes halogenated alkanes) is 3. The Bertz CT molecular complexity index is 697. The molecule has 7 nitrogen and oxygen atoms in total. The van der Waals surface area contributed by atoms with Gasteiger partial charge in [0.1, 0.15) is 17.9 Å². The van der Waals surface area contributed by atoms with Gasteiger partial charge in [0.2, 0.25) is 0 Å². The van der Waals surface area contributed by atoms with E-state index < -0.39 is 29.7 Å². The van der Waals surface area contributed by atoms with Crippen molar-refractivity contribution in [2.75, 3.05) is 6.61 Å². The van der Waals surface area contributed by atoms with Crippen LogP contribution in [0.2, 0.25) is 0 Å². The average Bonchev–Trinajstić information content (AvgIpc) is 2.89. The van der Waals surface area contributed by atoms with E-state index in [1.54, 1.807) is 0 Å². The van der Waals surface area contributed by atoms with Gasteiger partial charge in [-0.05, 0) is 6.42 Å². The molecule has 1 aromatic rings. The van der Waals surface area contributed by atoms with Crippen molar-refractivity contribution in [3.63, 3.8) is 0 Å². The number of H-pyrrole nitrogens is 1. The molecule has 0 spiro atoms. The Morgan fingerprint density at radius 1 is 1.43 bits per heavy atom. The molecule has 1 aliphatic rings. The molecule has 1 saturated heterocycles. The van der Waals surface area contributed by atoms with Crippen molar-refractivity contribution >= 4 is 0 Å². The third-order valence-corrected chi connectivity index (χ3v) is 3.79. The fourth-order valence-corrected chi connectivity index (χ4v) is 2.46. The third-order valence-electron chi connectivity index (χ3n) is 3.79. The molecule has 7 heteroatoms. The van der Waals surface area contributed by atoms with E-state index in [9.17, 15) is 14.7 Å². The first kappa shape index (κ1) is 17.5. The maximum Gasteiger partial charge on any atom is 0.330 e. The lowest BCUT2D eigenvalue weighted by molar-refractivity contribution is -0.0459. The zero-order chi connectivity index (χ0) is 16.8. The minimum atomic E-state index is -0.854. The molecule has 23 heavy (non-hydrogen) atoms. The van der Waals surface area contributed by atoms with Gasteiger partial charge in [0.15, 0.2) is 0 Å². The summed E-state index contributed by atoms with van der Waals surface area (Å²) in [6.45, 7) is 1.77. The van der Waals surface area contributed by atoms with Crippen LogP contribution in [-0.4, -0.2) is 38.6 Å². The summed E-state index contributed by atoms with van der Waals surface area (Å²) in [7, 11) is 0. The molecule has 2 rings (SSSR count). The molecule has 1 unspecified atom stereocenters. The second-order valence-corrected chi connectivity index (χ2v) is 5.58. The van der Waals surface area contributed by atoms with Crippen molar-refractivity contribution in [1.29, 1.82) is 0 Å². The van der Waals surface area contributed by atoms with Gasteiger partial charge in [-0.3, -0.25) is 14.3 Å². The number of nitrogens with one attached hydrogen (secondary N) is 1. The van der Waals surface area contributed by atoms with Crippen LogP contribution in [0, 0.1) is 11.8 Å². The molecule has 0 aliphatic carbocycles. The van der Waals surface area contributed by atoms with E-state index in [1.165, 1.54) is 10.8 Å². The molecular weight excluding hydrogens is 300 g/mol. The van der Waals surface area contributed by atoms with E-state index in [-0.39, 0.29) is 18.6 Å². The number of aromatic amines is 1. The largest absolute Gasteiger partial charge is 0.394 e. The van der Waals surface area contributed by atoms with E-state index >= 15 is 0 Å². The molecule has 0 radical (unpaired) electrons. The fraction of sp³-hybridized carbons (Fsp3) is 0.625. The molecule has 1 aliphatic heterocycles. The number of ether oxygens (including phenoxy) is 1. The van der Waals surface area contributed by atoms with Crippen molar-refractivity contribution in [2.45, 2.75) is 57.5 Å². The molecular formula is C16H22N2O5. The van der Waals surface area contributed by atoms with Crippen LogP contribution in [0.25, 0.3) is 0 Å². The Morgan fingerprint density at radius 2 is 2.22 bits per heavy atom. The summed E-state index contributed by atoms with van der Waals surface area (Å²) in [5.74, 6) is 5.71. The van der Waals surface area contributed by atoms with Crippen LogP contribution in [0.15, 0.2) is 15.8 Å². The predicted molar refractivity (Wildman–Crippen MR) is 84.0 cm³/mol. The summed E-state index contributed by atoms with van der Waals surface area (Å²) in [6.07, 6.45) is 3.05. The third kappa shape index (κ3) is 4.32. The quantitative estimate of drug-likeness (QED) is 0.527. The Balaban J connectivity index is 2.20. The maximum absolute atomic E-state index is 11.9. The second kappa shape index (κ2) is 8.11. The van der Waals surface area contributed by atoms with E-state index in [0.717, 1.165) is 19.3 Å². The standard InChI is InChI=1S/C16H22N2O5/c1-2-3-4-5-6-7-11-9-18(16(22)17-15(11)21)14-8-12(20)13(10-19)23-14/h9,12-14,19-20H,2-5,8,10H2,1H3,(H,17,21,22)/t12?,13-,14-/m0/s1. The Morgan fingerprint density at radius 3 is 2.87 bits per heavy atom. The highest BCUT2D eigenvalue weighted by molar-refractivity contribution is 5.29. The highest BCUT2D eigenvalue weighted by Gasteiger charge is 2.35. The van der Waals surface area contributed by atoms with Crippen molar-refractivity contribution in [1.82, 2.24) is 9.55 Å². The van der Waals surface area contributed by atoms with Gasteiger partial charge in [-0.2, -0.15) is 0 Å². The van der Waals surface area contributed by atoms with Crippen molar-refractivity contribution in [3.8, 4) is 11.8 Å². The van der Waals surface area contributed by atoms with E-state index in [2.05, 4.69) is 23.7 Å². The monoisotopic (exact) mass is 322 g/mol. The van der Waals surface area contributed by atoms with Crippen LogP contribution in [-0.2, 0) is 4.74 Å². The molecule has 0 bridgehead atoms. The number of aliphatic hydroxyl groups is 2. The highest BCUT2D eigenvalue weighted by Crippen LogP contribution is 2.27. The molecule has 0 saturated carbocycles. The summed E-state index contributed by atoms with van der Waals surface area (Å²) in [5, 5.41) is 18.9. The lowest BCUT2D eigenvalue weighted by atomic mass is 10.2. The van der Waals surface area contributed by atoms with Crippen LogP contribution in [0.5, 0.6) is 0 Å². The molecule has 126 valence electrons. The number of aromatic nitrogens is 2. The van der Waals surface area contributed by atoms with Gasteiger partial charge in [-0.15, -0.1) is 0 Å². The fourth-order valence-electron chi connectivity index (χ4n) is 2.46. The summed E-state index contributed by atoms with van der Waals surface area (Å²) in [5.41, 5.74) is -0.972. The maximum atomic E-state index is 11.9. The zero-order valence-electron chi connectivity index (χ0n) is 13.1. The van der Waals surface area contributed by atoms with Crippen LogP contribution < -0.4 is 11.2 Å². The van der Waals surface area contributed by atoms with Crippen LogP contribution in [0.4, 0.5) is 0 Å². The van der Waals surface area contributed by atoms with Gasteiger partial charge >= 0.3 is 5.69 Å². The van der Waals surface area contributed by atoms with Gasteiger partial charge in [0, 0.05) is 19.0 Å². The number of aliphatic hydroxyl groups excluding tert-OH is 2. The summed E-state index contributed by atoms with van der Waals surface area (Å²) >= 11 is 0. The number of nitrogens with zero attached hydrogens (tertiary/aromatic N) is 1. The molecule has 3 N–H and O–H groups in total. The number of hydrogen-bond donors (Lipinski definition) is 3. The lowest BCUT2D eigenvalue weighted by Gasteiger charge is -2.14. The minimum Gasteiger partial charge on any atom is -0.394 e. The van der Waals surface area contributed by atoms with Crippen molar-refractivity contribution in [2.24, 2.45) is 0 Å². The van der Waals surface area contributed by atoms with Crippen LogP contribution in [0.1, 0.15) is 50.8 Å². The first-order chi connectivity index (χ1) is 11.1. The summed E-state index contributed by atoms with van der Waals surface area (Å²) in [4.78, 5) is 26.0. The second-order valence-electron chi connectivity index (χ2n) is 5.58. The molecule has 2 heterocycles. The lowest BCUT2D eigenvalue weighted by Crippen LogP contribution is -2.33. The average molecular weight is 322 g/mol. The minimum absolute atomic E-state index is 0.167. The highest BCUT2D eigenvalue weighted by atomic mass is 16.5. The predicted octanol–water partition coefficient (Wildman–Crippen LogP) is 0.109. The normalized spacial score (nSPS) is 23.5. The number of rotatable bonds is 5. The van der Waals surface area contributed by atoms with Crippen LogP contribution >= 0.6 is 0 Å². The Kier molecular flexibility index (Phi) is 6.16. The molecule has 3 atom stereocenters. The number of hydrogen-bond acceptors (Lipinski definition) is 5. The van der Waals surface area contributed by atoms with Gasteiger partial charge in [0.05, 0.1) is 12.7 Å². The molecule has 1 fully saturated rings. The van der Waals surface area contributed by atoms with E-state index in [4.69, 9.17) is 9.84 Å². The molecule has 1 aromatic heterocycles.